The van der Waals surface area contributed by atoms with Crippen molar-refractivity contribution in [1.82, 2.24) is 0 Å². The lowest BCUT2D eigenvalue weighted by molar-refractivity contribution is -0.267. The first-order valence-corrected chi connectivity index (χ1v) is 1.79. The van der Waals surface area contributed by atoms with E-state index in [1.54, 1.807) is 0 Å². The molecule has 0 aromatic carbocycles. The normalized spacial score (nSPS) is 14.2. The van der Waals surface area contributed by atoms with Gasteiger partial charge in [-0.25, -0.2) is 0 Å². The van der Waals surface area contributed by atoms with Crippen molar-refractivity contribution in [3.63, 3.8) is 0 Å². The van der Waals surface area contributed by atoms with Gasteiger partial charge < -0.3 is 15.3 Å². The molecule has 50 valence electrons. The minimum Gasteiger partial charge on any atom is -0.358 e. The Hall–Kier alpha value is -0.240. The zero-order valence-corrected chi connectivity index (χ0v) is 4.07. The number of hydrogen-bond acceptors (Lipinski definition) is 6. The third-order valence-electron chi connectivity index (χ3n) is 0.589. The van der Waals surface area contributed by atoms with Crippen molar-refractivity contribution in [1.29, 1.82) is 0 Å². The number of rotatable bonds is 1. The highest BCUT2D eigenvalue weighted by atomic mass is 16.6. The Bertz CT molecular complexity index is 67.5. The van der Waals surface area contributed by atoms with Crippen LogP contribution < -0.4 is 17.2 Å². The summed E-state index contributed by atoms with van der Waals surface area (Å²) in [5.74, 6) is -5.62. The lowest BCUT2D eigenvalue weighted by Crippen LogP contribution is -2.71. The zero-order valence-electron chi connectivity index (χ0n) is 4.07. The standard InChI is InChI=1S/C2H9N3O3/c3-1(4,6)2(5,7)8/h6-8H,3-5H2. The molecule has 6 heteroatoms. The first kappa shape index (κ1) is 7.76. The van der Waals surface area contributed by atoms with E-state index in [0.29, 0.717) is 0 Å². The van der Waals surface area contributed by atoms with E-state index in [4.69, 9.17) is 15.3 Å². The van der Waals surface area contributed by atoms with Crippen LogP contribution >= 0.6 is 0 Å². The molecule has 0 radical (unpaired) electrons. The van der Waals surface area contributed by atoms with Gasteiger partial charge in [-0.05, 0) is 0 Å². The first-order chi connectivity index (χ1) is 3.25. The van der Waals surface area contributed by atoms with E-state index in [9.17, 15) is 0 Å². The molecular weight excluding hydrogens is 114 g/mol. The lowest BCUT2D eigenvalue weighted by Gasteiger charge is -2.27. The van der Waals surface area contributed by atoms with Gasteiger partial charge in [0.25, 0.3) is 5.91 Å². The van der Waals surface area contributed by atoms with E-state index in [1.165, 1.54) is 0 Å². The van der Waals surface area contributed by atoms with Crippen LogP contribution in [0.3, 0.4) is 0 Å². The summed E-state index contributed by atoms with van der Waals surface area (Å²) in [4.78, 5) is 0. The van der Waals surface area contributed by atoms with Crippen molar-refractivity contribution in [3.8, 4) is 0 Å². The number of hydrogen-bond donors (Lipinski definition) is 6. The second kappa shape index (κ2) is 1.62. The fourth-order valence-electron chi connectivity index (χ4n) is 0. The lowest BCUT2D eigenvalue weighted by atomic mass is 10.3. The Morgan fingerprint density at radius 2 is 1.00 bits per heavy atom. The van der Waals surface area contributed by atoms with E-state index in [2.05, 4.69) is 17.2 Å². The summed E-state index contributed by atoms with van der Waals surface area (Å²) in [6, 6.07) is 0. The molecule has 0 aliphatic rings. The second-order valence-corrected chi connectivity index (χ2v) is 1.55. The molecule has 0 spiro atoms. The molecule has 0 rings (SSSR count). The topological polar surface area (TPSA) is 139 Å². The summed E-state index contributed by atoms with van der Waals surface area (Å²) in [5.41, 5.74) is 13.5. The molecule has 8 heavy (non-hydrogen) atoms. The average molecular weight is 123 g/mol. The Kier molecular flexibility index (Phi) is 1.57. The molecule has 0 saturated carbocycles. The van der Waals surface area contributed by atoms with Crippen LogP contribution in [0.1, 0.15) is 0 Å². The van der Waals surface area contributed by atoms with Crippen LogP contribution in [-0.4, -0.2) is 27.1 Å². The van der Waals surface area contributed by atoms with Gasteiger partial charge in [0.1, 0.15) is 0 Å². The summed E-state index contributed by atoms with van der Waals surface area (Å²) in [6.07, 6.45) is 0. The maximum atomic E-state index is 8.28. The fourth-order valence-corrected chi connectivity index (χ4v) is 0. The van der Waals surface area contributed by atoms with Crippen LogP contribution in [0.4, 0.5) is 0 Å². The Morgan fingerprint density at radius 3 is 1.00 bits per heavy atom. The van der Waals surface area contributed by atoms with Crippen LogP contribution in [0, 0.1) is 0 Å². The summed E-state index contributed by atoms with van der Waals surface area (Å²) in [6.45, 7) is 0. The highest BCUT2D eigenvalue weighted by Gasteiger charge is 2.38. The average Bonchev–Trinajstić information content (AvgIpc) is 1.25. The minimum atomic E-state index is -2.95. The van der Waals surface area contributed by atoms with Gasteiger partial charge in [0, 0.05) is 0 Å². The van der Waals surface area contributed by atoms with Crippen LogP contribution in [0.5, 0.6) is 0 Å². The monoisotopic (exact) mass is 123 g/mol. The molecule has 0 fully saturated rings. The molecule has 9 N–H and O–H groups in total. The van der Waals surface area contributed by atoms with Gasteiger partial charge in [-0.3, -0.25) is 17.2 Å². The molecule has 0 heterocycles. The molecule has 0 amide bonds. The third-order valence-corrected chi connectivity index (χ3v) is 0.589. The van der Waals surface area contributed by atoms with E-state index in [1.807, 2.05) is 0 Å². The van der Waals surface area contributed by atoms with E-state index >= 15 is 0 Å². The van der Waals surface area contributed by atoms with Gasteiger partial charge >= 0.3 is 0 Å². The Labute approximate surface area is 45.5 Å². The third kappa shape index (κ3) is 1.70. The molecule has 0 aromatic heterocycles. The molecule has 0 aromatic rings. The molecule has 0 aliphatic heterocycles. The largest absolute Gasteiger partial charge is 0.358 e. The van der Waals surface area contributed by atoms with E-state index < -0.39 is 11.8 Å². The van der Waals surface area contributed by atoms with Crippen LogP contribution in [-0.2, 0) is 0 Å². The van der Waals surface area contributed by atoms with Gasteiger partial charge in [-0.15, -0.1) is 0 Å². The van der Waals surface area contributed by atoms with Gasteiger partial charge in [0.2, 0.25) is 5.85 Å². The minimum absolute atomic E-state index is 2.67. The van der Waals surface area contributed by atoms with Gasteiger partial charge in [0.15, 0.2) is 0 Å². The van der Waals surface area contributed by atoms with Crippen molar-refractivity contribution in [3.05, 3.63) is 0 Å². The maximum Gasteiger partial charge on any atom is 0.279 e. The molecule has 0 unspecified atom stereocenters. The SMILES string of the molecule is NC(N)(O)C(N)(O)O. The zero-order chi connectivity index (χ0) is 7.00. The van der Waals surface area contributed by atoms with Gasteiger partial charge in [-0.1, -0.05) is 0 Å². The highest BCUT2D eigenvalue weighted by Crippen LogP contribution is 1.97. The highest BCUT2D eigenvalue weighted by molar-refractivity contribution is 4.73. The molecule has 6 nitrogen and oxygen atoms in total. The van der Waals surface area contributed by atoms with Crippen LogP contribution in [0.25, 0.3) is 0 Å². The summed E-state index contributed by atoms with van der Waals surface area (Å²) < 4.78 is 0. The number of aliphatic hydroxyl groups is 3. The van der Waals surface area contributed by atoms with Gasteiger partial charge in [-0.2, -0.15) is 0 Å². The summed E-state index contributed by atoms with van der Waals surface area (Å²) in [5, 5.41) is 24.7. The molecule has 0 atom stereocenters. The molecule has 0 aliphatic carbocycles. The molecule has 0 saturated heterocycles. The first-order valence-electron chi connectivity index (χ1n) is 1.79. The summed E-state index contributed by atoms with van der Waals surface area (Å²) >= 11 is 0. The van der Waals surface area contributed by atoms with Crippen molar-refractivity contribution in [2.75, 3.05) is 0 Å². The van der Waals surface area contributed by atoms with E-state index in [0.717, 1.165) is 0 Å². The quantitative estimate of drug-likeness (QED) is 0.197. The predicted molar refractivity (Wildman–Crippen MR) is 24.7 cm³/mol. The molecular formula is C2H9N3O3. The summed E-state index contributed by atoms with van der Waals surface area (Å²) in [7, 11) is 0. The van der Waals surface area contributed by atoms with Crippen molar-refractivity contribution in [2.45, 2.75) is 11.8 Å². The number of nitrogens with two attached hydrogens (primary N) is 3. The fraction of sp³-hybridized carbons (Fsp3) is 1.00. The predicted octanol–water partition coefficient (Wildman–Crippen LogP) is -3.85. The maximum absolute atomic E-state index is 8.28. The Morgan fingerprint density at radius 1 is 0.875 bits per heavy atom. The van der Waals surface area contributed by atoms with Crippen molar-refractivity contribution >= 4 is 0 Å². The van der Waals surface area contributed by atoms with Crippen molar-refractivity contribution in [2.24, 2.45) is 17.2 Å². The Balaban J connectivity index is 4.02. The smallest absolute Gasteiger partial charge is 0.279 e. The van der Waals surface area contributed by atoms with Crippen molar-refractivity contribution < 1.29 is 15.3 Å². The second-order valence-electron chi connectivity index (χ2n) is 1.55. The molecule has 0 bridgehead atoms. The van der Waals surface area contributed by atoms with Crippen LogP contribution in [0.15, 0.2) is 0 Å². The van der Waals surface area contributed by atoms with E-state index in [-0.39, 0.29) is 0 Å². The van der Waals surface area contributed by atoms with Gasteiger partial charge in [0.05, 0.1) is 0 Å². The van der Waals surface area contributed by atoms with Crippen LogP contribution in [0.2, 0.25) is 0 Å².